The van der Waals surface area contributed by atoms with Crippen LogP contribution in [0.3, 0.4) is 0 Å². The Labute approximate surface area is 113 Å². The quantitative estimate of drug-likeness (QED) is 0.891. The minimum atomic E-state index is -0.180. The standard InChI is InChI=1S/C14H20N2O3/c1-4-19-12-7-9(5-6-11(12)18-3)14-10(15)8-13(17)16(14)2/h5-7,10,14H,4,8,15H2,1-3H3. The Balaban J connectivity index is 2.35. The van der Waals surface area contributed by atoms with Crippen molar-refractivity contribution in [1.82, 2.24) is 4.90 Å². The predicted octanol–water partition coefficient (Wildman–Crippen LogP) is 1.32. The predicted molar refractivity (Wildman–Crippen MR) is 72.3 cm³/mol. The van der Waals surface area contributed by atoms with E-state index in [9.17, 15) is 4.79 Å². The summed E-state index contributed by atoms with van der Waals surface area (Å²) in [5, 5.41) is 0. The van der Waals surface area contributed by atoms with Gasteiger partial charge in [0, 0.05) is 19.5 Å². The number of rotatable bonds is 4. The zero-order valence-corrected chi connectivity index (χ0v) is 11.6. The second kappa shape index (κ2) is 5.48. The van der Waals surface area contributed by atoms with Crippen LogP contribution in [0, 0.1) is 0 Å². The zero-order valence-electron chi connectivity index (χ0n) is 11.6. The van der Waals surface area contributed by atoms with Crippen molar-refractivity contribution >= 4 is 5.91 Å². The molecule has 104 valence electrons. The van der Waals surface area contributed by atoms with Gasteiger partial charge in [-0.1, -0.05) is 6.07 Å². The summed E-state index contributed by atoms with van der Waals surface area (Å²) >= 11 is 0. The van der Waals surface area contributed by atoms with Crippen LogP contribution in [0.1, 0.15) is 24.9 Å². The molecule has 19 heavy (non-hydrogen) atoms. The van der Waals surface area contributed by atoms with Gasteiger partial charge in [-0.3, -0.25) is 4.79 Å². The number of methoxy groups -OCH3 is 1. The number of likely N-dealkylation sites (tertiary alicyclic amines) is 1. The first-order chi connectivity index (χ1) is 9.08. The maximum absolute atomic E-state index is 11.7. The fraction of sp³-hybridized carbons (Fsp3) is 0.500. The Morgan fingerprint density at radius 3 is 2.68 bits per heavy atom. The van der Waals surface area contributed by atoms with Gasteiger partial charge in [-0.15, -0.1) is 0 Å². The summed E-state index contributed by atoms with van der Waals surface area (Å²) in [6.07, 6.45) is 0.386. The summed E-state index contributed by atoms with van der Waals surface area (Å²) in [6.45, 7) is 2.48. The third-order valence-corrected chi connectivity index (χ3v) is 3.46. The van der Waals surface area contributed by atoms with Gasteiger partial charge in [0.15, 0.2) is 11.5 Å². The molecule has 0 saturated carbocycles. The summed E-state index contributed by atoms with van der Waals surface area (Å²) in [7, 11) is 3.39. The van der Waals surface area contributed by atoms with E-state index in [1.807, 2.05) is 25.1 Å². The highest BCUT2D eigenvalue weighted by Gasteiger charge is 2.36. The van der Waals surface area contributed by atoms with Crippen molar-refractivity contribution in [3.63, 3.8) is 0 Å². The normalized spacial score (nSPS) is 22.7. The molecule has 5 nitrogen and oxygen atoms in total. The smallest absolute Gasteiger partial charge is 0.224 e. The molecule has 2 atom stereocenters. The van der Waals surface area contributed by atoms with Crippen LogP contribution in [0.15, 0.2) is 18.2 Å². The number of carbonyl (C=O) groups is 1. The SMILES string of the molecule is CCOc1cc(C2C(N)CC(=O)N2C)ccc1OC. The highest BCUT2D eigenvalue weighted by Crippen LogP contribution is 2.36. The highest BCUT2D eigenvalue weighted by atomic mass is 16.5. The first-order valence-corrected chi connectivity index (χ1v) is 6.40. The van der Waals surface area contributed by atoms with Crippen molar-refractivity contribution in [3.05, 3.63) is 23.8 Å². The summed E-state index contributed by atoms with van der Waals surface area (Å²) in [4.78, 5) is 13.4. The Kier molecular flexibility index (Phi) is 3.95. The Morgan fingerprint density at radius 2 is 2.16 bits per heavy atom. The molecular formula is C14H20N2O3. The van der Waals surface area contributed by atoms with Crippen LogP contribution in [0.25, 0.3) is 0 Å². The molecule has 1 aliphatic heterocycles. The lowest BCUT2D eigenvalue weighted by molar-refractivity contribution is -0.127. The van der Waals surface area contributed by atoms with Crippen LogP contribution in [-0.4, -0.2) is 37.6 Å². The van der Waals surface area contributed by atoms with Crippen molar-refractivity contribution in [1.29, 1.82) is 0 Å². The number of ether oxygens (including phenoxy) is 2. The first kappa shape index (κ1) is 13.7. The van der Waals surface area contributed by atoms with Crippen LogP contribution in [0.5, 0.6) is 11.5 Å². The number of nitrogens with zero attached hydrogens (tertiary/aromatic N) is 1. The van der Waals surface area contributed by atoms with Gasteiger partial charge in [0.2, 0.25) is 5.91 Å². The van der Waals surface area contributed by atoms with Crippen molar-refractivity contribution < 1.29 is 14.3 Å². The minimum Gasteiger partial charge on any atom is -0.493 e. The molecule has 0 spiro atoms. The number of benzene rings is 1. The summed E-state index contributed by atoms with van der Waals surface area (Å²) in [5.74, 6) is 1.44. The molecule has 1 amide bonds. The van der Waals surface area contributed by atoms with Crippen molar-refractivity contribution in [2.45, 2.75) is 25.4 Å². The summed E-state index contributed by atoms with van der Waals surface area (Å²) in [6, 6.07) is 5.41. The van der Waals surface area contributed by atoms with Crippen LogP contribution in [0.4, 0.5) is 0 Å². The molecule has 2 N–H and O–H groups in total. The van der Waals surface area contributed by atoms with E-state index in [2.05, 4.69) is 0 Å². The topological polar surface area (TPSA) is 64.8 Å². The number of carbonyl (C=O) groups excluding carboxylic acids is 1. The third-order valence-electron chi connectivity index (χ3n) is 3.46. The second-order valence-corrected chi connectivity index (χ2v) is 4.66. The first-order valence-electron chi connectivity index (χ1n) is 6.40. The van der Waals surface area contributed by atoms with Gasteiger partial charge in [0.25, 0.3) is 0 Å². The minimum absolute atomic E-state index is 0.0753. The van der Waals surface area contributed by atoms with Gasteiger partial charge in [-0.05, 0) is 24.6 Å². The van der Waals surface area contributed by atoms with Gasteiger partial charge in [0.1, 0.15) is 0 Å². The van der Waals surface area contributed by atoms with E-state index in [0.29, 0.717) is 24.5 Å². The molecule has 2 unspecified atom stereocenters. The lowest BCUT2D eigenvalue weighted by Gasteiger charge is -2.24. The molecule has 2 rings (SSSR count). The molecule has 0 bridgehead atoms. The number of nitrogens with two attached hydrogens (primary N) is 1. The molecule has 5 heteroatoms. The lowest BCUT2D eigenvalue weighted by Crippen LogP contribution is -2.30. The summed E-state index contributed by atoms with van der Waals surface area (Å²) < 4.78 is 10.8. The van der Waals surface area contributed by atoms with E-state index >= 15 is 0 Å². The van der Waals surface area contributed by atoms with E-state index in [4.69, 9.17) is 15.2 Å². The second-order valence-electron chi connectivity index (χ2n) is 4.66. The third kappa shape index (κ3) is 2.51. The largest absolute Gasteiger partial charge is 0.493 e. The number of amides is 1. The zero-order chi connectivity index (χ0) is 14.0. The highest BCUT2D eigenvalue weighted by molar-refractivity contribution is 5.80. The van der Waals surface area contributed by atoms with Crippen LogP contribution in [-0.2, 0) is 4.79 Å². The lowest BCUT2D eigenvalue weighted by atomic mass is 10.0. The van der Waals surface area contributed by atoms with E-state index in [0.717, 1.165) is 5.56 Å². The molecule has 0 aliphatic carbocycles. The Bertz CT molecular complexity index is 476. The fourth-order valence-corrected chi connectivity index (χ4v) is 2.52. The molecule has 1 heterocycles. The van der Waals surface area contributed by atoms with Gasteiger partial charge in [-0.25, -0.2) is 0 Å². The van der Waals surface area contributed by atoms with Gasteiger partial charge < -0.3 is 20.1 Å². The van der Waals surface area contributed by atoms with Crippen LogP contribution >= 0.6 is 0 Å². The molecule has 1 aromatic carbocycles. The fourth-order valence-electron chi connectivity index (χ4n) is 2.52. The van der Waals surface area contributed by atoms with Crippen LogP contribution in [0.2, 0.25) is 0 Å². The van der Waals surface area contributed by atoms with Gasteiger partial charge in [-0.2, -0.15) is 0 Å². The van der Waals surface area contributed by atoms with Crippen molar-refractivity contribution in [2.24, 2.45) is 5.73 Å². The van der Waals surface area contributed by atoms with E-state index in [1.54, 1.807) is 19.1 Å². The van der Waals surface area contributed by atoms with E-state index in [1.165, 1.54) is 0 Å². The van der Waals surface area contributed by atoms with Crippen molar-refractivity contribution in [3.8, 4) is 11.5 Å². The average Bonchev–Trinajstić information content (AvgIpc) is 2.64. The van der Waals surface area contributed by atoms with Crippen LogP contribution < -0.4 is 15.2 Å². The monoisotopic (exact) mass is 264 g/mol. The molecular weight excluding hydrogens is 244 g/mol. The average molecular weight is 264 g/mol. The van der Waals surface area contributed by atoms with Gasteiger partial charge in [0.05, 0.1) is 19.8 Å². The molecule has 0 radical (unpaired) electrons. The number of hydrogen-bond acceptors (Lipinski definition) is 4. The molecule has 0 aromatic heterocycles. The maximum Gasteiger partial charge on any atom is 0.224 e. The Morgan fingerprint density at radius 1 is 1.42 bits per heavy atom. The molecule has 1 fully saturated rings. The Hall–Kier alpha value is -1.75. The van der Waals surface area contributed by atoms with Gasteiger partial charge >= 0.3 is 0 Å². The number of hydrogen-bond donors (Lipinski definition) is 1. The number of likely N-dealkylation sites (N-methyl/N-ethyl adjacent to an activating group) is 1. The maximum atomic E-state index is 11.7. The van der Waals surface area contributed by atoms with E-state index in [-0.39, 0.29) is 18.0 Å². The van der Waals surface area contributed by atoms with Crippen molar-refractivity contribution in [2.75, 3.05) is 20.8 Å². The molecule has 1 aromatic rings. The molecule has 1 saturated heterocycles. The summed E-state index contributed by atoms with van der Waals surface area (Å²) in [5.41, 5.74) is 7.03. The molecule has 1 aliphatic rings. The van der Waals surface area contributed by atoms with E-state index < -0.39 is 0 Å².